The number of ketones is 1. The van der Waals surface area contributed by atoms with Crippen molar-refractivity contribution >= 4 is 33.5 Å². The Morgan fingerprint density at radius 2 is 1.66 bits per heavy atom. The summed E-state index contributed by atoms with van der Waals surface area (Å²) in [6, 6.07) is 5.76. The van der Waals surface area contributed by atoms with E-state index < -0.39 is 22.6 Å². The number of sulfonamides is 1. The number of esters is 1. The van der Waals surface area contributed by atoms with Crippen molar-refractivity contribution in [2.45, 2.75) is 49.6 Å². The highest BCUT2D eigenvalue weighted by Crippen LogP contribution is 2.21. The lowest BCUT2D eigenvalue weighted by atomic mass is 10.1. The minimum Gasteiger partial charge on any atom is -0.457 e. The van der Waals surface area contributed by atoms with Gasteiger partial charge >= 0.3 is 5.97 Å². The maximum absolute atomic E-state index is 12.6. The third kappa shape index (κ3) is 5.73. The fraction of sp³-hybridized carbons (Fsp3) is 0.455. The van der Waals surface area contributed by atoms with Gasteiger partial charge in [-0.3, -0.25) is 9.59 Å². The molecule has 2 heterocycles. The van der Waals surface area contributed by atoms with E-state index in [1.54, 1.807) is 0 Å². The van der Waals surface area contributed by atoms with Gasteiger partial charge in [-0.15, -0.1) is 0 Å². The second kappa shape index (κ2) is 10.5. The lowest BCUT2D eigenvalue weighted by molar-refractivity contribution is -0.142. The molecule has 32 heavy (non-hydrogen) atoms. The molecule has 2 aromatic rings. The first-order chi connectivity index (χ1) is 15.2. The highest BCUT2D eigenvalue weighted by Gasteiger charge is 2.27. The Labute approximate surface area is 192 Å². The number of aromatic nitrogens is 2. The molecule has 172 valence electrons. The summed E-state index contributed by atoms with van der Waals surface area (Å²) in [6.07, 6.45) is 4.17. The lowest BCUT2D eigenvalue weighted by Gasteiger charge is -2.15. The zero-order chi connectivity index (χ0) is 23.3. The second-order valence-corrected chi connectivity index (χ2v) is 10.3. The summed E-state index contributed by atoms with van der Waals surface area (Å²) in [5.41, 5.74) is 2.86. The number of Topliss-reactive ketones (excluding diaryl/α,β-unsaturated/α-hetero) is 1. The number of carbonyl (C=O) groups is 2. The summed E-state index contributed by atoms with van der Waals surface area (Å²) in [5, 5.41) is 0.691. The molecular weight excluding hydrogens is 450 g/mol. The third-order valence-electron chi connectivity index (χ3n) is 5.41. The van der Waals surface area contributed by atoms with Crippen LogP contribution in [0.1, 0.15) is 46.6 Å². The second-order valence-electron chi connectivity index (χ2n) is 7.58. The Bertz CT molecular complexity index is 1070. The number of rotatable bonds is 9. The van der Waals surface area contributed by atoms with Gasteiger partial charge in [-0.1, -0.05) is 11.8 Å². The molecule has 0 unspecified atom stereocenters. The molecule has 0 radical (unpaired) electrons. The fourth-order valence-electron chi connectivity index (χ4n) is 3.58. The van der Waals surface area contributed by atoms with E-state index in [1.807, 2.05) is 20.1 Å². The summed E-state index contributed by atoms with van der Waals surface area (Å²) in [6.45, 7) is 4.41. The van der Waals surface area contributed by atoms with Crippen LogP contribution in [0.4, 0.5) is 0 Å². The minimum absolute atomic E-state index is 0.115. The van der Waals surface area contributed by atoms with Crippen molar-refractivity contribution in [3.05, 3.63) is 46.8 Å². The Morgan fingerprint density at radius 3 is 2.22 bits per heavy atom. The average Bonchev–Trinajstić information content (AvgIpc) is 3.32. The first-order valence-corrected chi connectivity index (χ1v) is 13.1. The molecule has 1 aliphatic heterocycles. The molecule has 1 aromatic heterocycles. The topological polar surface area (TPSA) is 107 Å². The van der Waals surface area contributed by atoms with E-state index in [4.69, 9.17) is 4.74 Å². The SMILES string of the molecule is CSc1nc(C)c(CCC(=O)OCC(=O)c2ccc(S(=O)(=O)N3CCCC3)cc2)c(C)n1. The number of hydrogen-bond acceptors (Lipinski definition) is 8. The normalized spacial score (nSPS) is 14.5. The molecule has 1 aliphatic rings. The Morgan fingerprint density at radius 1 is 1.06 bits per heavy atom. The standard InChI is InChI=1S/C22H27N3O5S2/c1-15-19(16(2)24-22(23-15)31-3)10-11-21(27)30-14-20(26)17-6-8-18(9-7-17)32(28,29)25-12-4-5-13-25/h6-9H,4-5,10-14H2,1-3H3. The molecule has 0 bridgehead atoms. The quantitative estimate of drug-likeness (QED) is 0.235. The Balaban J connectivity index is 1.53. The largest absolute Gasteiger partial charge is 0.457 e. The number of aryl methyl sites for hydroxylation is 2. The predicted molar refractivity (Wildman–Crippen MR) is 121 cm³/mol. The molecule has 0 saturated carbocycles. The summed E-state index contributed by atoms with van der Waals surface area (Å²) in [5.74, 6) is -0.872. The van der Waals surface area contributed by atoms with Crippen LogP contribution in [0.5, 0.6) is 0 Å². The van der Waals surface area contributed by atoms with Gasteiger partial charge in [0.2, 0.25) is 10.0 Å². The van der Waals surface area contributed by atoms with E-state index in [-0.39, 0.29) is 17.1 Å². The van der Waals surface area contributed by atoms with Crippen molar-refractivity contribution in [1.29, 1.82) is 0 Å². The van der Waals surface area contributed by atoms with Crippen LogP contribution in [0.3, 0.4) is 0 Å². The average molecular weight is 478 g/mol. The Hall–Kier alpha value is -2.30. The first kappa shape index (κ1) is 24.3. The van der Waals surface area contributed by atoms with Crippen LogP contribution < -0.4 is 0 Å². The van der Waals surface area contributed by atoms with Crippen LogP contribution in [-0.4, -0.2) is 60.4 Å². The summed E-state index contributed by atoms with van der Waals surface area (Å²) in [4.78, 5) is 33.4. The summed E-state index contributed by atoms with van der Waals surface area (Å²) >= 11 is 1.46. The summed E-state index contributed by atoms with van der Waals surface area (Å²) < 4.78 is 31.7. The molecule has 0 atom stereocenters. The van der Waals surface area contributed by atoms with Gasteiger partial charge in [0.05, 0.1) is 4.90 Å². The predicted octanol–water partition coefficient (Wildman–Crippen LogP) is 2.96. The molecule has 10 heteroatoms. The molecule has 3 rings (SSSR count). The molecule has 0 spiro atoms. The highest BCUT2D eigenvalue weighted by atomic mass is 32.2. The van der Waals surface area contributed by atoms with Crippen LogP contribution in [0.25, 0.3) is 0 Å². The van der Waals surface area contributed by atoms with Crippen molar-refractivity contribution in [2.24, 2.45) is 0 Å². The maximum atomic E-state index is 12.6. The van der Waals surface area contributed by atoms with Crippen molar-refractivity contribution < 1.29 is 22.7 Å². The smallest absolute Gasteiger partial charge is 0.306 e. The lowest BCUT2D eigenvalue weighted by Crippen LogP contribution is -2.27. The molecule has 0 N–H and O–H groups in total. The van der Waals surface area contributed by atoms with Gasteiger partial charge in [-0.2, -0.15) is 4.31 Å². The van der Waals surface area contributed by atoms with Crippen molar-refractivity contribution in [1.82, 2.24) is 14.3 Å². The van der Waals surface area contributed by atoms with E-state index in [0.29, 0.717) is 30.2 Å². The van der Waals surface area contributed by atoms with Gasteiger partial charge in [0.25, 0.3) is 0 Å². The van der Waals surface area contributed by atoms with E-state index in [1.165, 1.54) is 40.3 Å². The third-order valence-corrected chi connectivity index (χ3v) is 7.87. The molecule has 0 amide bonds. The number of carbonyl (C=O) groups excluding carboxylic acids is 2. The Kier molecular flexibility index (Phi) is 8.02. The molecule has 1 aromatic carbocycles. The van der Waals surface area contributed by atoms with Gasteiger partial charge < -0.3 is 4.74 Å². The van der Waals surface area contributed by atoms with Gasteiger partial charge in [0, 0.05) is 36.5 Å². The van der Waals surface area contributed by atoms with Gasteiger partial charge in [0.1, 0.15) is 0 Å². The zero-order valence-corrected chi connectivity index (χ0v) is 20.1. The van der Waals surface area contributed by atoms with Crippen LogP contribution >= 0.6 is 11.8 Å². The first-order valence-electron chi connectivity index (χ1n) is 10.4. The number of thioether (sulfide) groups is 1. The molecular formula is C22H27N3O5S2. The summed E-state index contributed by atoms with van der Waals surface area (Å²) in [7, 11) is -3.53. The van der Waals surface area contributed by atoms with E-state index in [0.717, 1.165) is 29.8 Å². The molecule has 0 aliphatic carbocycles. The zero-order valence-electron chi connectivity index (χ0n) is 18.5. The highest BCUT2D eigenvalue weighted by molar-refractivity contribution is 7.98. The van der Waals surface area contributed by atoms with Gasteiger partial charge in [0.15, 0.2) is 17.5 Å². The number of nitrogens with zero attached hydrogens (tertiary/aromatic N) is 3. The minimum atomic E-state index is -3.53. The van der Waals surface area contributed by atoms with Crippen LogP contribution in [0.15, 0.2) is 34.3 Å². The number of benzene rings is 1. The van der Waals surface area contributed by atoms with Crippen molar-refractivity contribution in [2.75, 3.05) is 26.0 Å². The van der Waals surface area contributed by atoms with Crippen molar-refractivity contribution in [3.8, 4) is 0 Å². The van der Waals surface area contributed by atoms with Crippen LogP contribution in [-0.2, 0) is 26.0 Å². The monoisotopic (exact) mass is 477 g/mol. The molecule has 8 nitrogen and oxygen atoms in total. The van der Waals surface area contributed by atoms with E-state index in [2.05, 4.69) is 9.97 Å². The van der Waals surface area contributed by atoms with E-state index >= 15 is 0 Å². The van der Waals surface area contributed by atoms with Gasteiger partial charge in [-0.05, 0) is 69.2 Å². The maximum Gasteiger partial charge on any atom is 0.306 e. The molecule has 1 saturated heterocycles. The van der Waals surface area contributed by atoms with Crippen molar-refractivity contribution in [3.63, 3.8) is 0 Å². The van der Waals surface area contributed by atoms with Crippen LogP contribution in [0.2, 0.25) is 0 Å². The molecule has 1 fully saturated rings. The number of ether oxygens (including phenoxy) is 1. The van der Waals surface area contributed by atoms with Crippen LogP contribution in [0, 0.1) is 13.8 Å². The van der Waals surface area contributed by atoms with E-state index in [9.17, 15) is 18.0 Å². The van der Waals surface area contributed by atoms with Gasteiger partial charge in [-0.25, -0.2) is 18.4 Å². The fourth-order valence-corrected chi connectivity index (χ4v) is 5.55. The number of hydrogen-bond donors (Lipinski definition) is 0.